The number of ether oxygens (including phenoxy) is 2. The molecule has 0 aliphatic carbocycles. The highest BCUT2D eigenvalue weighted by Crippen LogP contribution is 2.22. The van der Waals surface area contributed by atoms with Gasteiger partial charge in [0, 0.05) is 18.2 Å². The van der Waals surface area contributed by atoms with Gasteiger partial charge in [-0.25, -0.2) is 4.39 Å². The summed E-state index contributed by atoms with van der Waals surface area (Å²) in [6, 6.07) is 4.54. The smallest absolute Gasteiger partial charge is 0.132 e. The van der Waals surface area contributed by atoms with E-state index in [0.717, 1.165) is 25.9 Å². The van der Waals surface area contributed by atoms with Crippen molar-refractivity contribution in [2.75, 3.05) is 13.2 Å². The van der Waals surface area contributed by atoms with Crippen molar-refractivity contribution in [2.24, 2.45) is 0 Å². The minimum Gasteiger partial charge on any atom is -0.491 e. The predicted molar refractivity (Wildman–Crippen MR) is 66.1 cm³/mol. The topological polar surface area (TPSA) is 38.7 Å². The van der Waals surface area contributed by atoms with Gasteiger partial charge < -0.3 is 14.6 Å². The Morgan fingerprint density at radius 2 is 2.33 bits per heavy atom. The van der Waals surface area contributed by atoms with Gasteiger partial charge in [-0.3, -0.25) is 0 Å². The molecule has 0 amide bonds. The highest BCUT2D eigenvalue weighted by Gasteiger charge is 2.15. The fraction of sp³-hybridized carbons (Fsp3) is 0.571. The third kappa shape index (κ3) is 3.43. The van der Waals surface area contributed by atoms with Crippen LogP contribution in [0.5, 0.6) is 5.75 Å². The standard InChI is InChI=1S/C14H19FO3/c1-10(16)13-6-5-11(8-14(13)15)18-9-12-4-2-3-7-17-12/h5-6,8,10,12,16H,2-4,7,9H2,1H3/t10-,12?/m0/s1. The molecular formula is C14H19FO3. The zero-order valence-corrected chi connectivity index (χ0v) is 10.6. The van der Waals surface area contributed by atoms with Gasteiger partial charge in [-0.15, -0.1) is 0 Å². The summed E-state index contributed by atoms with van der Waals surface area (Å²) in [6.07, 6.45) is 2.56. The van der Waals surface area contributed by atoms with E-state index in [1.54, 1.807) is 12.1 Å². The Hall–Kier alpha value is -1.13. The van der Waals surface area contributed by atoms with Gasteiger partial charge >= 0.3 is 0 Å². The van der Waals surface area contributed by atoms with Crippen LogP contribution >= 0.6 is 0 Å². The highest BCUT2D eigenvalue weighted by atomic mass is 19.1. The van der Waals surface area contributed by atoms with Crippen LogP contribution in [-0.2, 0) is 4.74 Å². The van der Waals surface area contributed by atoms with Gasteiger partial charge in [-0.1, -0.05) is 0 Å². The van der Waals surface area contributed by atoms with Crippen LogP contribution in [0.4, 0.5) is 4.39 Å². The Balaban J connectivity index is 1.91. The predicted octanol–water partition coefficient (Wildman–Crippen LogP) is 2.83. The summed E-state index contributed by atoms with van der Waals surface area (Å²) in [5.41, 5.74) is 0.288. The molecule has 1 aromatic carbocycles. The third-order valence-corrected chi connectivity index (χ3v) is 3.13. The number of aliphatic hydroxyl groups excluding tert-OH is 1. The molecule has 2 rings (SSSR count). The van der Waals surface area contributed by atoms with Gasteiger partial charge in [0.05, 0.1) is 12.2 Å². The lowest BCUT2D eigenvalue weighted by Crippen LogP contribution is -2.25. The maximum Gasteiger partial charge on any atom is 0.132 e. The van der Waals surface area contributed by atoms with Crippen LogP contribution < -0.4 is 4.74 Å². The zero-order chi connectivity index (χ0) is 13.0. The van der Waals surface area contributed by atoms with Crippen molar-refractivity contribution < 1.29 is 19.0 Å². The molecule has 0 aromatic heterocycles. The molecule has 1 aromatic rings. The van der Waals surface area contributed by atoms with Crippen molar-refractivity contribution in [1.82, 2.24) is 0 Å². The largest absolute Gasteiger partial charge is 0.491 e. The van der Waals surface area contributed by atoms with Crippen molar-refractivity contribution in [3.8, 4) is 5.75 Å². The van der Waals surface area contributed by atoms with Crippen LogP contribution in [0.2, 0.25) is 0 Å². The Morgan fingerprint density at radius 3 is 2.94 bits per heavy atom. The number of hydrogen-bond donors (Lipinski definition) is 1. The van der Waals surface area contributed by atoms with Gasteiger partial charge in [0.15, 0.2) is 0 Å². The van der Waals surface area contributed by atoms with E-state index in [4.69, 9.17) is 9.47 Å². The Kier molecular flexibility index (Phi) is 4.55. The summed E-state index contributed by atoms with van der Waals surface area (Å²) < 4.78 is 24.6. The van der Waals surface area contributed by atoms with E-state index in [9.17, 15) is 9.50 Å². The fourth-order valence-electron chi connectivity index (χ4n) is 2.06. The molecule has 18 heavy (non-hydrogen) atoms. The van der Waals surface area contributed by atoms with Crippen LogP contribution in [0.1, 0.15) is 37.9 Å². The van der Waals surface area contributed by atoms with Crippen molar-refractivity contribution in [3.05, 3.63) is 29.6 Å². The molecule has 1 fully saturated rings. The molecule has 1 aliphatic heterocycles. The summed E-state index contributed by atoms with van der Waals surface area (Å²) in [5, 5.41) is 9.33. The lowest BCUT2D eigenvalue weighted by Gasteiger charge is -2.22. The van der Waals surface area contributed by atoms with E-state index in [1.807, 2.05) is 0 Å². The Bertz CT molecular complexity index is 387. The molecule has 0 radical (unpaired) electrons. The molecule has 0 bridgehead atoms. The number of hydrogen-bond acceptors (Lipinski definition) is 3. The van der Waals surface area contributed by atoms with Crippen molar-refractivity contribution in [1.29, 1.82) is 0 Å². The molecule has 3 nitrogen and oxygen atoms in total. The molecule has 1 aliphatic rings. The van der Waals surface area contributed by atoms with Gasteiger partial charge in [0.2, 0.25) is 0 Å². The van der Waals surface area contributed by atoms with E-state index in [2.05, 4.69) is 0 Å². The lowest BCUT2D eigenvalue weighted by atomic mass is 10.1. The molecule has 1 unspecified atom stereocenters. The van der Waals surface area contributed by atoms with E-state index in [1.165, 1.54) is 13.0 Å². The quantitative estimate of drug-likeness (QED) is 0.898. The molecule has 1 heterocycles. The second-order valence-electron chi connectivity index (χ2n) is 4.66. The molecular weight excluding hydrogens is 235 g/mol. The van der Waals surface area contributed by atoms with Gasteiger partial charge in [-0.2, -0.15) is 0 Å². The van der Waals surface area contributed by atoms with Crippen LogP contribution in [0.15, 0.2) is 18.2 Å². The lowest BCUT2D eigenvalue weighted by molar-refractivity contribution is -0.0111. The average Bonchev–Trinajstić information content (AvgIpc) is 2.37. The molecule has 1 N–H and O–H groups in total. The van der Waals surface area contributed by atoms with Gasteiger partial charge in [0.1, 0.15) is 18.2 Å². The first kappa shape index (κ1) is 13.3. The molecule has 2 atom stereocenters. The summed E-state index contributed by atoms with van der Waals surface area (Å²) in [5.74, 6) is 0.0399. The second kappa shape index (κ2) is 6.16. The Labute approximate surface area is 107 Å². The summed E-state index contributed by atoms with van der Waals surface area (Å²) in [6.45, 7) is 2.77. The van der Waals surface area contributed by atoms with Crippen LogP contribution in [0, 0.1) is 5.82 Å². The maximum absolute atomic E-state index is 13.6. The minimum absolute atomic E-state index is 0.109. The van der Waals surface area contributed by atoms with Crippen molar-refractivity contribution >= 4 is 0 Å². The van der Waals surface area contributed by atoms with Gasteiger partial charge in [-0.05, 0) is 38.3 Å². The second-order valence-corrected chi connectivity index (χ2v) is 4.66. The van der Waals surface area contributed by atoms with E-state index in [-0.39, 0.29) is 11.7 Å². The first-order valence-corrected chi connectivity index (χ1v) is 6.38. The average molecular weight is 254 g/mol. The molecule has 0 saturated carbocycles. The number of aliphatic hydroxyl groups is 1. The monoisotopic (exact) mass is 254 g/mol. The molecule has 100 valence electrons. The summed E-state index contributed by atoms with van der Waals surface area (Å²) >= 11 is 0. The third-order valence-electron chi connectivity index (χ3n) is 3.13. The van der Waals surface area contributed by atoms with E-state index >= 15 is 0 Å². The zero-order valence-electron chi connectivity index (χ0n) is 10.6. The van der Waals surface area contributed by atoms with Crippen LogP contribution in [-0.4, -0.2) is 24.4 Å². The van der Waals surface area contributed by atoms with E-state index < -0.39 is 11.9 Å². The van der Waals surface area contributed by atoms with Crippen LogP contribution in [0.3, 0.4) is 0 Å². The Morgan fingerprint density at radius 1 is 1.50 bits per heavy atom. The van der Waals surface area contributed by atoms with E-state index in [0.29, 0.717) is 12.4 Å². The highest BCUT2D eigenvalue weighted by molar-refractivity contribution is 5.30. The molecule has 4 heteroatoms. The molecule has 0 spiro atoms. The maximum atomic E-state index is 13.6. The van der Waals surface area contributed by atoms with Crippen LogP contribution in [0.25, 0.3) is 0 Å². The van der Waals surface area contributed by atoms with Gasteiger partial charge in [0.25, 0.3) is 0 Å². The fourth-order valence-corrected chi connectivity index (χ4v) is 2.06. The first-order chi connectivity index (χ1) is 8.66. The summed E-state index contributed by atoms with van der Waals surface area (Å²) in [7, 11) is 0. The molecule has 1 saturated heterocycles. The minimum atomic E-state index is -0.805. The summed E-state index contributed by atoms with van der Waals surface area (Å²) in [4.78, 5) is 0. The SMILES string of the molecule is C[C@H](O)c1ccc(OCC2CCCCO2)cc1F. The normalized spacial score (nSPS) is 21.6. The van der Waals surface area contributed by atoms with Crippen molar-refractivity contribution in [2.45, 2.75) is 38.4 Å². The number of rotatable bonds is 4. The van der Waals surface area contributed by atoms with Crippen molar-refractivity contribution in [3.63, 3.8) is 0 Å². The number of halogens is 1. The number of benzene rings is 1. The first-order valence-electron chi connectivity index (χ1n) is 6.38.